The highest BCUT2D eigenvalue weighted by Gasteiger charge is 2.06. The topological polar surface area (TPSA) is 47.0 Å². The van der Waals surface area contributed by atoms with E-state index in [1.165, 1.54) is 16.9 Å². The number of nitrogens with one attached hydrogen (secondary N) is 1. The van der Waals surface area contributed by atoms with E-state index >= 15 is 0 Å². The van der Waals surface area contributed by atoms with E-state index in [1.54, 1.807) is 0 Å². The monoisotopic (exact) mass is 297 g/mol. The molecule has 0 spiro atoms. The Bertz CT molecular complexity index is 695. The molecular formula is C16H15N3OS. The third kappa shape index (κ3) is 3.45. The molecule has 0 saturated carbocycles. The zero-order valence-corrected chi connectivity index (χ0v) is 12.4. The second-order valence-electron chi connectivity index (χ2n) is 4.48. The van der Waals surface area contributed by atoms with E-state index in [4.69, 9.17) is 4.74 Å². The van der Waals surface area contributed by atoms with E-state index < -0.39 is 0 Å². The van der Waals surface area contributed by atoms with Gasteiger partial charge in [-0.05, 0) is 30.3 Å². The first kappa shape index (κ1) is 13.7. The van der Waals surface area contributed by atoms with Crippen molar-refractivity contribution in [2.45, 2.75) is 6.54 Å². The molecule has 0 aliphatic heterocycles. The van der Waals surface area contributed by atoms with Crippen LogP contribution in [0.2, 0.25) is 0 Å². The van der Waals surface area contributed by atoms with Gasteiger partial charge >= 0.3 is 0 Å². The quantitative estimate of drug-likeness (QED) is 0.779. The average Bonchev–Trinajstić information content (AvgIpc) is 2.97. The highest BCUT2D eigenvalue weighted by Crippen LogP contribution is 2.27. The van der Waals surface area contributed by atoms with Crippen molar-refractivity contribution in [2.24, 2.45) is 0 Å². The third-order valence-corrected chi connectivity index (χ3v) is 3.74. The average molecular weight is 297 g/mol. The third-order valence-electron chi connectivity index (χ3n) is 2.94. The summed E-state index contributed by atoms with van der Waals surface area (Å²) in [5.74, 6) is 0.766. The molecule has 0 amide bonds. The zero-order chi connectivity index (χ0) is 14.5. The van der Waals surface area contributed by atoms with Crippen molar-refractivity contribution in [3.05, 3.63) is 59.6 Å². The van der Waals surface area contributed by atoms with Gasteiger partial charge in [0.05, 0.1) is 0 Å². The first-order chi connectivity index (χ1) is 10.3. The van der Waals surface area contributed by atoms with Crippen LogP contribution in [0.15, 0.2) is 54.6 Å². The van der Waals surface area contributed by atoms with Crippen molar-refractivity contribution in [3.63, 3.8) is 0 Å². The van der Waals surface area contributed by atoms with Gasteiger partial charge in [-0.1, -0.05) is 58.9 Å². The fourth-order valence-electron chi connectivity index (χ4n) is 1.95. The highest BCUT2D eigenvalue weighted by molar-refractivity contribution is 7.13. The van der Waals surface area contributed by atoms with Crippen LogP contribution in [-0.4, -0.2) is 17.2 Å². The summed E-state index contributed by atoms with van der Waals surface area (Å²) in [5, 5.41) is 12.6. The maximum absolute atomic E-state index is 5.71. The fourth-order valence-corrected chi connectivity index (χ4v) is 2.67. The summed E-state index contributed by atoms with van der Waals surface area (Å²) >= 11 is 1.45. The minimum absolute atomic E-state index is 0.563. The van der Waals surface area contributed by atoms with Gasteiger partial charge < -0.3 is 10.1 Å². The standard InChI is InChI=1S/C16H15N3OS/c1-17-11-15-18-19-16(21-15)20-14-9-7-13(8-10-14)12-5-3-2-4-6-12/h2-10,17H,11H2,1H3. The Labute approximate surface area is 127 Å². The summed E-state index contributed by atoms with van der Waals surface area (Å²) in [7, 11) is 1.88. The van der Waals surface area contributed by atoms with Gasteiger partial charge in [-0.2, -0.15) is 0 Å². The Morgan fingerprint density at radius 2 is 1.67 bits per heavy atom. The largest absolute Gasteiger partial charge is 0.430 e. The van der Waals surface area contributed by atoms with Gasteiger partial charge in [-0.3, -0.25) is 0 Å². The van der Waals surface area contributed by atoms with Crippen molar-refractivity contribution in [2.75, 3.05) is 7.05 Å². The van der Waals surface area contributed by atoms with Gasteiger partial charge in [-0.15, -0.1) is 5.10 Å². The molecule has 3 rings (SSSR count). The second kappa shape index (κ2) is 6.47. The van der Waals surface area contributed by atoms with Gasteiger partial charge in [0.1, 0.15) is 10.8 Å². The molecule has 0 radical (unpaired) electrons. The number of benzene rings is 2. The van der Waals surface area contributed by atoms with E-state index in [-0.39, 0.29) is 0 Å². The lowest BCUT2D eigenvalue weighted by molar-refractivity contribution is 0.473. The molecule has 4 nitrogen and oxygen atoms in total. The first-order valence-corrected chi connectivity index (χ1v) is 7.47. The number of nitrogens with zero attached hydrogens (tertiary/aromatic N) is 2. The number of hydrogen-bond acceptors (Lipinski definition) is 5. The van der Waals surface area contributed by atoms with Crippen LogP contribution in [0.3, 0.4) is 0 Å². The van der Waals surface area contributed by atoms with E-state index in [2.05, 4.69) is 27.6 Å². The molecule has 21 heavy (non-hydrogen) atoms. The lowest BCUT2D eigenvalue weighted by Gasteiger charge is -2.04. The Balaban J connectivity index is 1.72. The van der Waals surface area contributed by atoms with Gasteiger partial charge in [0, 0.05) is 6.54 Å². The first-order valence-electron chi connectivity index (χ1n) is 6.65. The lowest BCUT2D eigenvalue weighted by atomic mass is 10.1. The molecule has 0 unspecified atom stereocenters. The molecule has 2 aromatic carbocycles. The van der Waals surface area contributed by atoms with Crippen molar-refractivity contribution in [3.8, 4) is 22.1 Å². The molecule has 0 fully saturated rings. The summed E-state index contributed by atoms with van der Waals surface area (Å²) < 4.78 is 5.71. The van der Waals surface area contributed by atoms with Gasteiger partial charge in [0.2, 0.25) is 0 Å². The maximum atomic E-state index is 5.71. The van der Waals surface area contributed by atoms with Crippen LogP contribution in [0.5, 0.6) is 10.9 Å². The predicted octanol–water partition coefficient (Wildman–Crippen LogP) is 3.72. The molecule has 1 heterocycles. The minimum Gasteiger partial charge on any atom is -0.430 e. The molecule has 0 aliphatic carbocycles. The van der Waals surface area contributed by atoms with Crippen LogP contribution in [-0.2, 0) is 6.54 Å². The number of ether oxygens (including phenoxy) is 1. The maximum Gasteiger partial charge on any atom is 0.299 e. The molecule has 0 bridgehead atoms. The van der Waals surface area contributed by atoms with Crippen molar-refractivity contribution in [1.82, 2.24) is 15.5 Å². The van der Waals surface area contributed by atoms with E-state index in [9.17, 15) is 0 Å². The van der Waals surface area contributed by atoms with Crippen molar-refractivity contribution < 1.29 is 4.74 Å². The SMILES string of the molecule is CNCc1nnc(Oc2ccc(-c3ccccc3)cc2)s1. The molecule has 0 aliphatic rings. The van der Waals surface area contributed by atoms with Gasteiger partial charge in [0.25, 0.3) is 5.19 Å². The van der Waals surface area contributed by atoms with E-state index in [0.29, 0.717) is 11.7 Å². The number of rotatable bonds is 5. The predicted molar refractivity (Wildman–Crippen MR) is 84.6 cm³/mol. The van der Waals surface area contributed by atoms with Crippen LogP contribution < -0.4 is 10.1 Å². The summed E-state index contributed by atoms with van der Waals surface area (Å²) in [4.78, 5) is 0. The summed E-state index contributed by atoms with van der Waals surface area (Å²) in [6.45, 7) is 0.702. The Morgan fingerprint density at radius 3 is 2.38 bits per heavy atom. The van der Waals surface area contributed by atoms with Crippen LogP contribution >= 0.6 is 11.3 Å². The molecule has 106 valence electrons. The molecular weight excluding hydrogens is 282 g/mol. The van der Waals surface area contributed by atoms with Gasteiger partial charge in [0.15, 0.2) is 0 Å². The molecule has 3 aromatic rings. The molecule has 0 saturated heterocycles. The van der Waals surface area contributed by atoms with Crippen LogP contribution in [0.25, 0.3) is 11.1 Å². The molecule has 1 aromatic heterocycles. The highest BCUT2D eigenvalue weighted by atomic mass is 32.1. The van der Waals surface area contributed by atoms with Crippen molar-refractivity contribution >= 4 is 11.3 Å². The summed E-state index contributed by atoms with van der Waals surface area (Å²) in [6.07, 6.45) is 0. The molecule has 5 heteroatoms. The minimum atomic E-state index is 0.563. The lowest BCUT2D eigenvalue weighted by Crippen LogP contribution is -2.04. The molecule has 0 atom stereocenters. The number of aromatic nitrogens is 2. The van der Waals surface area contributed by atoms with Crippen LogP contribution in [0.4, 0.5) is 0 Å². The second-order valence-corrected chi connectivity index (χ2v) is 5.51. The van der Waals surface area contributed by atoms with Crippen molar-refractivity contribution in [1.29, 1.82) is 0 Å². The fraction of sp³-hybridized carbons (Fsp3) is 0.125. The Morgan fingerprint density at radius 1 is 0.952 bits per heavy atom. The Kier molecular flexibility index (Phi) is 4.23. The summed E-state index contributed by atoms with van der Waals surface area (Å²) in [6, 6.07) is 18.2. The normalized spacial score (nSPS) is 10.5. The molecule has 1 N–H and O–H groups in total. The smallest absolute Gasteiger partial charge is 0.299 e. The van der Waals surface area contributed by atoms with Gasteiger partial charge in [-0.25, -0.2) is 0 Å². The van der Waals surface area contributed by atoms with Crippen LogP contribution in [0.1, 0.15) is 5.01 Å². The van der Waals surface area contributed by atoms with E-state index in [1.807, 2.05) is 49.5 Å². The van der Waals surface area contributed by atoms with Crippen LogP contribution in [0, 0.1) is 0 Å². The Hall–Kier alpha value is -2.24. The zero-order valence-electron chi connectivity index (χ0n) is 11.6. The number of hydrogen-bond donors (Lipinski definition) is 1. The summed E-state index contributed by atoms with van der Waals surface area (Å²) in [5.41, 5.74) is 2.35. The van der Waals surface area contributed by atoms with E-state index in [0.717, 1.165) is 16.3 Å².